The van der Waals surface area contributed by atoms with Crippen LogP contribution in [-0.2, 0) is 0 Å². The second-order valence-corrected chi connectivity index (χ2v) is 3.20. The minimum Gasteiger partial charge on any atom is -0.207 e. The molecule has 0 unspecified atom stereocenters. The van der Waals surface area contributed by atoms with E-state index in [0.717, 1.165) is 3.57 Å². The molecule has 0 bridgehead atoms. The summed E-state index contributed by atoms with van der Waals surface area (Å²) < 4.78 is 13.7. The first-order valence-electron chi connectivity index (χ1n) is 2.98. The zero-order chi connectivity index (χ0) is 7.56. The topological polar surface area (TPSA) is 0 Å². The molecule has 1 aromatic carbocycles. The number of hydrogen-bond donors (Lipinski definition) is 0. The summed E-state index contributed by atoms with van der Waals surface area (Å²) in [6.45, 7) is 1.82. The summed E-state index contributed by atoms with van der Waals surface area (Å²) in [7, 11) is 0. The van der Waals surface area contributed by atoms with Crippen molar-refractivity contribution in [3.05, 3.63) is 39.6 Å². The van der Waals surface area contributed by atoms with Crippen LogP contribution >= 0.6 is 22.6 Å². The van der Waals surface area contributed by atoms with Crippen LogP contribution in [0.1, 0.15) is 12.5 Å². The van der Waals surface area contributed by atoms with Crippen LogP contribution in [-0.4, -0.2) is 0 Å². The van der Waals surface area contributed by atoms with Crippen molar-refractivity contribution in [2.24, 2.45) is 0 Å². The lowest BCUT2D eigenvalue weighted by Crippen LogP contribution is -1.85. The van der Waals surface area contributed by atoms with Crippen molar-refractivity contribution in [3.63, 3.8) is 0 Å². The summed E-state index contributed by atoms with van der Waals surface area (Å²) in [6, 6.07) is 5.19. The number of benzene rings is 1. The Hall–Kier alpha value is -0.120. The molecule has 0 spiro atoms. The van der Waals surface area contributed by atoms with Crippen molar-refractivity contribution >= 4 is 22.6 Å². The first kappa shape index (κ1) is 7.98. The molecule has 0 aromatic heterocycles. The molecule has 0 saturated heterocycles. The minimum absolute atomic E-state index is 0.144. The molecule has 1 rings (SSSR count). The Balaban J connectivity index is 3.07. The van der Waals surface area contributed by atoms with Gasteiger partial charge in [-0.25, -0.2) is 4.39 Å². The van der Waals surface area contributed by atoms with Gasteiger partial charge in [-0.15, -0.1) is 0 Å². The molecule has 0 fully saturated rings. The van der Waals surface area contributed by atoms with Gasteiger partial charge >= 0.3 is 0 Å². The van der Waals surface area contributed by atoms with Crippen LogP contribution in [0.5, 0.6) is 0 Å². The van der Waals surface area contributed by atoms with E-state index in [2.05, 4.69) is 22.6 Å². The van der Waals surface area contributed by atoms with Crippen LogP contribution < -0.4 is 0 Å². The predicted molar refractivity (Wildman–Crippen MR) is 48.2 cm³/mol. The van der Waals surface area contributed by atoms with Gasteiger partial charge in [0.25, 0.3) is 0 Å². The summed E-state index contributed by atoms with van der Waals surface area (Å²) in [5.74, 6) is -0.144. The van der Waals surface area contributed by atoms with E-state index in [-0.39, 0.29) is 5.82 Å². The standard InChI is InChI=1S/C8H7FI/c1-2-6-3-4-7(10)5-8(6)9/h2-5H,1H3. The lowest BCUT2D eigenvalue weighted by Gasteiger charge is -1.97. The van der Waals surface area contributed by atoms with E-state index in [1.54, 1.807) is 12.5 Å². The largest absolute Gasteiger partial charge is 0.207 e. The molecule has 0 aliphatic carbocycles. The average Bonchev–Trinajstić information content (AvgIpc) is 1.88. The number of halogens is 2. The van der Waals surface area contributed by atoms with E-state index >= 15 is 0 Å². The fraction of sp³-hybridized carbons (Fsp3) is 0.125. The molecule has 1 aromatic rings. The van der Waals surface area contributed by atoms with Gasteiger partial charge in [0.1, 0.15) is 5.82 Å². The van der Waals surface area contributed by atoms with E-state index < -0.39 is 0 Å². The molecule has 0 aliphatic heterocycles. The highest BCUT2D eigenvalue weighted by atomic mass is 127. The van der Waals surface area contributed by atoms with E-state index in [1.165, 1.54) is 6.07 Å². The second-order valence-electron chi connectivity index (χ2n) is 1.95. The Morgan fingerprint density at radius 2 is 2.20 bits per heavy atom. The van der Waals surface area contributed by atoms with Crippen LogP contribution in [0.2, 0.25) is 0 Å². The highest BCUT2D eigenvalue weighted by Gasteiger charge is 1.98. The molecular formula is C8H7FI. The van der Waals surface area contributed by atoms with Crippen molar-refractivity contribution in [2.75, 3.05) is 0 Å². The number of hydrogen-bond acceptors (Lipinski definition) is 0. The summed E-state index contributed by atoms with van der Waals surface area (Å²) in [5, 5.41) is 0. The molecule has 0 amide bonds. The smallest absolute Gasteiger partial charge is 0.127 e. The highest BCUT2D eigenvalue weighted by molar-refractivity contribution is 14.1. The summed E-state index contributed by atoms with van der Waals surface area (Å²) in [5.41, 5.74) is 0.667. The van der Waals surface area contributed by atoms with Crippen LogP contribution in [0.3, 0.4) is 0 Å². The van der Waals surface area contributed by atoms with Gasteiger partial charge in [-0.3, -0.25) is 0 Å². The molecule has 2 heteroatoms. The molecule has 0 atom stereocenters. The second kappa shape index (κ2) is 3.32. The van der Waals surface area contributed by atoms with E-state index in [0.29, 0.717) is 5.56 Å². The Kier molecular flexibility index (Phi) is 2.65. The predicted octanol–water partition coefficient (Wildman–Crippen LogP) is 3.00. The Morgan fingerprint density at radius 3 is 2.70 bits per heavy atom. The Morgan fingerprint density at radius 1 is 1.50 bits per heavy atom. The fourth-order valence-corrected chi connectivity index (χ4v) is 1.19. The average molecular weight is 249 g/mol. The van der Waals surface area contributed by atoms with Gasteiger partial charge in [0.15, 0.2) is 0 Å². The van der Waals surface area contributed by atoms with Crippen LogP contribution in [0, 0.1) is 15.8 Å². The Bertz CT molecular complexity index is 233. The third-order valence-corrected chi connectivity index (χ3v) is 1.94. The zero-order valence-corrected chi connectivity index (χ0v) is 7.72. The molecule has 0 aliphatic rings. The Labute approximate surface area is 73.6 Å². The normalized spacial score (nSPS) is 9.90. The lowest BCUT2D eigenvalue weighted by atomic mass is 10.2. The zero-order valence-electron chi connectivity index (χ0n) is 5.57. The number of rotatable bonds is 1. The molecule has 10 heavy (non-hydrogen) atoms. The molecule has 1 radical (unpaired) electrons. The van der Waals surface area contributed by atoms with E-state index in [9.17, 15) is 4.39 Å². The maximum absolute atomic E-state index is 12.8. The van der Waals surface area contributed by atoms with E-state index in [1.807, 2.05) is 13.0 Å². The lowest BCUT2D eigenvalue weighted by molar-refractivity contribution is 0.619. The van der Waals surface area contributed by atoms with Crippen LogP contribution in [0.4, 0.5) is 4.39 Å². The SMILES string of the molecule is C[CH]c1ccc(I)cc1F. The maximum Gasteiger partial charge on any atom is 0.127 e. The third-order valence-electron chi connectivity index (χ3n) is 1.27. The van der Waals surface area contributed by atoms with E-state index in [4.69, 9.17) is 0 Å². The molecule has 0 saturated carbocycles. The van der Waals surface area contributed by atoms with Crippen molar-refractivity contribution in [3.8, 4) is 0 Å². The first-order chi connectivity index (χ1) is 4.74. The highest BCUT2D eigenvalue weighted by Crippen LogP contribution is 2.12. The van der Waals surface area contributed by atoms with Crippen molar-refractivity contribution in [1.29, 1.82) is 0 Å². The fourth-order valence-electron chi connectivity index (χ4n) is 0.736. The summed E-state index contributed by atoms with van der Waals surface area (Å²) in [6.07, 6.45) is 1.76. The molecule has 53 valence electrons. The van der Waals surface area contributed by atoms with Crippen LogP contribution in [0.25, 0.3) is 0 Å². The minimum atomic E-state index is -0.144. The van der Waals surface area contributed by atoms with Gasteiger partial charge in [-0.2, -0.15) is 0 Å². The quantitative estimate of drug-likeness (QED) is 0.671. The van der Waals surface area contributed by atoms with Gasteiger partial charge in [-0.05, 0) is 46.7 Å². The molecule has 0 nitrogen and oxygen atoms in total. The third kappa shape index (κ3) is 1.68. The van der Waals surface area contributed by atoms with Crippen molar-refractivity contribution in [1.82, 2.24) is 0 Å². The summed E-state index contributed by atoms with van der Waals surface area (Å²) in [4.78, 5) is 0. The van der Waals surface area contributed by atoms with Gasteiger partial charge in [0.2, 0.25) is 0 Å². The summed E-state index contributed by atoms with van der Waals surface area (Å²) >= 11 is 2.08. The molecule has 0 N–H and O–H groups in total. The van der Waals surface area contributed by atoms with Gasteiger partial charge in [0.05, 0.1) is 0 Å². The molecule has 0 heterocycles. The monoisotopic (exact) mass is 249 g/mol. The van der Waals surface area contributed by atoms with Crippen molar-refractivity contribution in [2.45, 2.75) is 6.92 Å². The van der Waals surface area contributed by atoms with Crippen molar-refractivity contribution < 1.29 is 4.39 Å². The van der Waals surface area contributed by atoms with Crippen LogP contribution in [0.15, 0.2) is 18.2 Å². The van der Waals surface area contributed by atoms with Gasteiger partial charge in [-0.1, -0.05) is 13.0 Å². The van der Waals surface area contributed by atoms with Gasteiger partial charge < -0.3 is 0 Å². The maximum atomic E-state index is 12.8. The molecular weight excluding hydrogens is 242 g/mol. The first-order valence-corrected chi connectivity index (χ1v) is 4.06. The van der Waals surface area contributed by atoms with Gasteiger partial charge in [0, 0.05) is 3.57 Å².